The smallest absolute Gasteiger partial charge is 0.337 e. The topological polar surface area (TPSA) is 60.2 Å². The minimum absolute atomic E-state index is 0.353. The maximum absolute atomic E-state index is 11.5. The Labute approximate surface area is 199 Å². The first-order valence-electron chi connectivity index (χ1n) is 10.8. The predicted molar refractivity (Wildman–Crippen MR) is 135 cm³/mol. The number of esters is 1. The lowest BCUT2D eigenvalue weighted by Gasteiger charge is -2.07. The number of hydrogen-bond acceptors (Lipinski definition) is 5. The summed E-state index contributed by atoms with van der Waals surface area (Å²) in [6, 6.07) is 34.8. The fourth-order valence-corrected chi connectivity index (χ4v) is 3.30. The van der Waals surface area contributed by atoms with E-state index < -0.39 is 0 Å². The number of carbonyl (C=O) groups is 1. The van der Waals surface area contributed by atoms with E-state index in [9.17, 15) is 4.79 Å². The maximum Gasteiger partial charge on any atom is 0.337 e. The zero-order valence-electron chi connectivity index (χ0n) is 18.8. The van der Waals surface area contributed by atoms with Crippen molar-refractivity contribution in [2.45, 2.75) is 6.61 Å². The van der Waals surface area contributed by atoms with E-state index in [1.165, 1.54) is 7.11 Å². The van der Waals surface area contributed by atoms with Crippen molar-refractivity contribution in [3.8, 4) is 5.75 Å². The van der Waals surface area contributed by atoms with E-state index in [1.54, 1.807) is 18.3 Å². The molecule has 0 spiro atoms. The summed E-state index contributed by atoms with van der Waals surface area (Å²) in [7, 11) is 1.37. The molecule has 0 N–H and O–H groups in total. The van der Waals surface area contributed by atoms with Crippen LogP contribution in [0, 0.1) is 0 Å². The minimum Gasteiger partial charge on any atom is -0.489 e. The van der Waals surface area contributed by atoms with Gasteiger partial charge in [0.05, 0.1) is 18.9 Å². The van der Waals surface area contributed by atoms with E-state index in [2.05, 4.69) is 10.2 Å². The molecule has 0 unspecified atom stereocenters. The van der Waals surface area contributed by atoms with Crippen LogP contribution >= 0.6 is 0 Å². The number of ether oxygens (including phenoxy) is 2. The van der Waals surface area contributed by atoms with Gasteiger partial charge in [-0.25, -0.2) is 4.79 Å². The van der Waals surface area contributed by atoms with Gasteiger partial charge in [0.25, 0.3) is 0 Å². The van der Waals surface area contributed by atoms with Gasteiger partial charge in [-0.15, -0.1) is 5.10 Å². The third-order valence-corrected chi connectivity index (χ3v) is 5.12. The van der Waals surface area contributed by atoms with Crippen LogP contribution in [0.3, 0.4) is 0 Å². The second-order valence-electron chi connectivity index (χ2n) is 7.47. The number of nitrogens with zero attached hydrogens (tertiary/aromatic N) is 2. The summed E-state index contributed by atoms with van der Waals surface area (Å²) >= 11 is 0. The van der Waals surface area contributed by atoms with Crippen molar-refractivity contribution in [2.75, 3.05) is 7.11 Å². The molecule has 168 valence electrons. The van der Waals surface area contributed by atoms with Crippen molar-refractivity contribution in [1.29, 1.82) is 0 Å². The van der Waals surface area contributed by atoms with Crippen LogP contribution in [0.4, 0.5) is 0 Å². The summed E-state index contributed by atoms with van der Waals surface area (Å²) in [5.41, 5.74) is 5.22. The molecule has 0 atom stereocenters. The molecule has 0 saturated heterocycles. The molecule has 0 amide bonds. The van der Waals surface area contributed by atoms with Crippen LogP contribution in [0.5, 0.6) is 5.75 Å². The van der Waals surface area contributed by atoms with Gasteiger partial charge in [-0.2, -0.15) is 5.10 Å². The summed E-state index contributed by atoms with van der Waals surface area (Å²) in [5, 5.41) is 8.84. The lowest BCUT2D eigenvalue weighted by Crippen LogP contribution is -2.02. The molecule has 0 radical (unpaired) electrons. The molecule has 0 bridgehead atoms. The van der Waals surface area contributed by atoms with Crippen LogP contribution in [0.1, 0.15) is 32.6 Å². The molecule has 4 rings (SSSR count). The Morgan fingerprint density at radius 3 is 1.88 bits per heavy atom. The van der Waals surface area contributed by atoms with E-state index in [0.717, 1.165) is 33.7 Å². The summed E-state index contributed by atoms with van der Waals surface area (Å²) < 4.78 is 10.6. The highest BCUT2D eigenvalue weighted by Gasteiger charge is 2.06. The lowest BCUT2D eigenvalue weighted by atomic mass is 10.0. The Bertz CT molecular complexity index is 1220. The SMILES string of the molecule is COC(=O)c1ccc(COc2ccc(/C=N/N=C(c3ccccc3)c3ccccc3)cc2)cc1. The van der Waals surface area contributed by atoms with Gasteiger partial charge < -0.3 is 9.47 Å². The van der Waals surface area contributed by atoms with Crippen LogP contribution in [-0.4, -0.2) is 25.0 Å². The van der Waals surface area contributed by atoms with Gasteiger partial charge in [0.1, 0.15) is 18.1 Å². The zero-order chi connectivity index (χ0) is 23.6. The molecule has 0 aliphatic rings. The highest BCUT2D eigenvalue weighted by molar-refractivity contribution is 6.12. The van der Waals surface area contributed by atoms with Crippen molar-refractivity contribution < 1.29 is 14.3 Å². The van der Waals surface area contributed by atoms with Crippen LogP contribution in [0.15, 0.2) is 119 Å². The average molecular weight is 449 g/mol. The molecule has 0 aromatic heterocycles. The van der Waals surface area contributed by atoms with Gasteiger partial charge in [-0.1, -0.05) is 72.8 Å². The third-order valence-electron chi connectivity index (χ3n) is 5.12. The van der Waals surface area contributed by atoms with E-state index >= 15 is 0 Å². The normalized spacial score (nSPS) is 10.6. The Hall–Kier alpha value is -4.51. The van der Waals surface area contributed by atoms with E-state index in [-0.39, 0.29) is 5.97 Å². The van der Waals surface area contributed by atoms with E-state index in [1.807, 2.05) is 97.1 Å². The van der Waals surface area contributed by atoms with E-state index in [0.29, 0.717) is 12.2 Å². The summed E-state index contributed by atoms with van der Waals surface area (Å²) in [5.74, 6) is 0.390. The Balaban J connectivity index is 1.41. The molecule has 34 heavy (non-hydrogen) atoms. The van der Waals surface area contributed by atoms with Gasteiger partial charge in [0.15, 0.2) is 0 Å². The van der Waals surface area contributed by atoms with Crippen LogP contribution in [0.2, 0.25) is 0 Å². The number of carbonyl (C=O) groups excluding carboxylic acids is 1. The average Bonchev–Trinajstić information content (AvgIpc) is 2.91. The van der Waals surface area contributed by atoms with Gasteiger partial charge in [0.2, 0.25) is 0 Å². The zero-order valence-corrected chi connectivity index (χ0v) is 18.8. The second kappa shape index (κ2) is 11.4. The fraction of sp³-hybridized carbons (Fsp3) is 0.0690. The van der Waals surface area contributed by atoms with Crippen LogP contribution in [0.25, 0.3) is 0 Å². The van der Waals surface area contributed by atoms with Crippen molar-refractivity contribution in [3.63, 3.8) is 0 Å². The Morgan fingerprint density at radius 2 is 1.32 bits per heavy atom. The highest BCUT2D eigenvalue weighted by atomic mass is 16.5. The van der Waals surface area contributed by atoms with Crippen molar-refractivity contribution in [3.05, 3.63) is 137 Å². The number of benzene rings is 4. The molecule has 4 aromatic carbocycles. The standard InChI is InChI=1S/C29H24N2O3/c1-33-29(32)26-16-12-23(13-17-26)21-34-27-18-14-22(15-19-27)20-30-31-28(24-8-4-2-5-9-24)25-10-6-3-7-11-25/h2-20H,21H2,1H3/b30-20+. The quantitative estimate of drug-likeness (QED) is 0.191. The molecule has 0 saturated carbocycles. The first-order chi connectivity index (χ1) is 16.7. The summed E-state index contributed by atoms with van der Waals surface area (Å²) in [4.78, 5) is 11.5. The second-order valence-corrected chi connectivity index (χ2v) is 7.47. The number of methoxy groups -OCH3 is 1. The number of rotatable bonds is 8. The van der Waals surface area contributed by atoms with Crippen molar-refractivity contribution >= 4 is 17.9 Å². The summed E-state index contributed by atoms with van der Waals surface area (Å²) in [6.07, 6.45) is 1.72. The molecule has 4 aromatic rings. The minimum atomic E-state index is -0.353. The molecule has 0 fully saturated rings. The van der Waals surface area contributed by atoms with Crippen molar-refractivity contribution in [1.82, 2.24) is 0 Å². The van der Waals surface area contributed by atoms with Gasteiger partial charge >= 0.3 is 5.97 Å². The maximum atomic E-state index is 11.5. The third kappa shape index (κ3) is 6.04. The van der Waals surface area contributed by atoms with E-state index in [4.69, 9.17) is 9.47 Å². The first kappa shape index (κ1) is 22.7. The largest absolute Gasteiger partial charge is 0.489 e. The molecule has 0 heterocycles. The predicted octanol–water partition coefficient (Wildman–Crippen LogP) is 5.92. The van der Waals surface area contributed by atoms with Crippen LogP contribution in [-0.2, 0) is 11.3 Å². The molecule has 0 aliphatic carbocycles. The first-order valence-corrected chi connectivity index (χ1v) is 10.8. The fourth-order valence-electron chi connectivity index (χ4n) is 3.30. The van der Waals surface area contributed by atoms with Gasteiger partial charge in [0, 0.05) is 11.1 Å². The molecule has 5 nitrogen and oxygen atoms in total. The molecular weight excluding hydrogens is 424 g/mol. The van der Waals surface area contributed by atoms with Crippen molar-refractivity contribution in [2.24, 2.45) is 10.2 Å². The monoisotopic (exact) mass is 448 g/mol. The summed E-state index contributed by atoms with van der Waals surface area (Å²) in [6.45, 7) is 0.399. The highest BCUT2D eigenvalue weighted by Crippen LogP contribution is 2.15. The molecule has 5 heteroatoms. The molecular formula is C29H24N2O3. The number of hydrogen-bond donors (Lipinski definition) is 0. The molecule has 0 aliphatic heterocycles. The Kier molecular flexibility index (Phi) is 7.59. The van der Waals surface area contributed by atoms with Crippen LogP contribution < -0.4 is 4.74 Å². The Morgan fingerprint density at radius 1 is 0.735 bits per heavy atom. The lowest BCUT2D eigenvalue weighted by molar-refractivity contribution is 0.0600. The van der Waals surface area contributed by atoms with Gasteiger partial charge in [-0.05, 0) is 47.5 Å². The van der Waals surface area contributed by atoms with Gasteiger partial charge in [-0.3, -0.25) is 0 Å².